The molecule has 64 valence electrons. The third-order valence-corrected chi connectivity index (χ3v) is 1.98. The summed E-state index contributed by atoms with van der Waals surface area (Å²) >= 11 is -2.66. The molecule has 1 aromatic rings. The fourth-order valence-corrected chi connectivity index (χ4v) is 1.11. The number of aryl methyl sites for hydroxylation is 1. The lowest BCUT2D eigenvalue weighted by Gasteiger charge is -2.02. The maximum Gasteiger partial charge on any atom is 0.236 e. The number of carbonyl (C=O) groups excluding carboxylic acids is 1. The molecule has 0 aliphatic rings. The highest BCUT2D eigenvalue weighted by Crippen LogP contribution is 2.04. The van der Waals surface area contributed by atoms with Gasteiger partial charge >= 0.3 is 0 Å². The molecule has 0 aliphatic carbocycles. The topological polar surface area (TPSA) is 57.2 Å². The molecule has 0 bridgehead atoms. The summed E-state index contributed by atoms with van der Waals surface area (Å²) in [5.41, 5.74) is 1.19. The third-order valence-electron chi connectivity index (χ3n) is 1.44. The highest BCUT2D eigenvalue weighted by atomic mass is 32.2. The number of hydrogen-bond donors (Lipinski definition) is 0. The van der Waals surface area contributed by atoms with Gasteiger partial charge in [-0.25, -0.2) is 0 Å². The molecule has 0 saturated carbocycles. The van der Waals surface area contributed by atoms with Crippen molar-refractivity contribution in [3.63, 3.8) is 0 Å². The van der Waals surface area contributed by atoms with Crippen LogP contribution in [0, 0.1) is 6.92 Å². The van der Waals surface area contributed by atoms with Crippen LogP contribution in [-0.2, 0) is 11.1 Å². The molecule has 0 saturated heterocycles. The molecule has 0 heterocycles. The third kappa shape index (κ3) is 1.99. The van der Waals surface area contributed by atoms with Gasteiger partial charge < -0.3 is 4.55 Å². The average molecular weight is 183 g/mol. The number of hydrogen-bond acceptors (Lipinski definition) is 3. The minimum absolute atomic E-state index is 0.203. The van der Waals surface area contributed by atoms with E-state index in [0.717, 1.165) is 5.56 Å². The molecule has 1 aromatic carbocycles. The predicted octanol–water partition coefficient (Wildman–Crippen LogP) is 1.01. The summed E-state index contributed by atoms with van der Waals surface area (Å²) in [6.07, 6.45) is 0. The zero-order valence-electron chi connectivity index (χ0n) is 6.44. The smallest absolute Gasteiger partial charge is 0.236 e. The van der Waals surface area contributed by atoms with E-state index in [1.165, 1.54) is 12.1 Å². The highest BCUT2D eigenvalue weighted by molar-refractivity contribution is 7.95. The quantitative estimate of drug-likeness (QED) is 0.610. The molecule has 1 atom stereocenters. The Hall–Kier alpha value is -1.00. The monoisotopic (exact) mass is 183 g/mol. The van der Waals surface area contributed by atoms with E-state index in [1.807, 2.05) is 6.92 Å². The maximum absolute atomic E-state index is 10.8. The van der Waals surface area contributed by atoms with Crippen LogP contribution in [0.1, 0.15) is 15.9 Å². The molecule has 1 unspecified atom stereocenters. The van der Waals surface area contributed by atoms with Gasteiger partial charge in [0.1, 0.15) is 0 Å². The van der Waals surface area contributed by atoms with E-state index in [0.29, 0.717) is 0 Å². The van der Waals surface area contributed by atoms with Crippen LogP contribution >= 0.6 is 0 Å². The molecule has 3 nitrogen and oxygen atoms in total. The Bertz CT molecular complexity index is 316. The van der Waals surface area contributed by atoms with Crippen LogP contribution in [0.2, 0.25) is 0 Å². The second kappa shape index (κ2) is 3.60. The van der Waals surface area contributed by atoms with E-state index in [4.69, 9.17) is 0 Å². The Morgan fingerprint density at radius 3 is 2.25 bits per heavy atom. The van der Waals surface area contributed by atoms with Gasteiger partial charge in [-0.05, 0) is 6.92 Å². The van der Waals surface area contributed by atoms with Crippen molar-refractivity contribution >= 4 is 16.2 Å². The van der Waals surface area contributed by atoms with Crippen molar-refractivity contribution in [3.05, 3.63) is 35.4 Å². The van der Waals surface area contributed by atoms with E-state index >= 15 is 0 Å². The minimum atomic E-state index is -2.66. The molecule has 0 radical (unpaired) electrons. The summed E-state index contributed by atoms with van der Waals surface area (Å²) in [6.45, 7) is 1.86. The van der Waals surface area contributed by atoms with Crippen LogP contribution in [0.15, 0.2) is 24.3 Å². The van der Waals surface area contributed by atoms with Gasteiger partial charge in [-0.3, -0.25) is 9.00 Å². The Kier molecular flexibility index (Phi) is 2.73. The second-order valence-corrected chi connectivity index (χ2v) is 3.23. The van der Waals surface area contributed by atoms with Crippen LogP contribution in [0.5, 0.6) is 0 Å². The number of rotatable bonds is 1. The molecule has 1 rings (SSSR count). The largest absolute Gasteiger partial charge is 0.766 e. The molecule has 0 aliphatic heterocycles. The normalized spacial score (nSPS) is 12.5. The standard InChI is InChI=1S/C8H8O3S/c1-6-2-4-7(5-3-6)8(9)12(10)11/h2-5H,1H3,(H,10,11)/p-1. The zero-order valence-corrected chi connectivity index (χ0v) is 7.26. The molecule has 0 spiro atoms. The summed E-state index contributed by atoms with van der Waals surface area (Å²) in [5.74, 6) is 0. The van der Waals surface area contributed by atoms with Crippen molar-refractivity contribution < 1.29 is 13.6 Å². The minimum Gasteiger partial charge on any atom is -0.766 e. The Balaban J connectivity index is 2.98. The Morgan fingerprint density at radius 1 is 1.33 bits per heavy atom. The molecule has 12 heavy (non-hydrogen) atoms. The maximum atomic E-state index is 10.8. The fourth-order valence-electron chi connectivity index (χ4n) is 0.786. The highest BCUT2D eigenvalue weighted by Gasteiger charge is 2.03. The van der Waals surface area contributed by atoms with Crippen molar-refractivity contribution in [2.75, 3.05) is 0 Å². The van der Waals surface area contributed by atoms with E-state index < -0.39 is 16.2 Å². The first-order valence-corrected chi connectivity index (χ1v) is 4.39. The van der Waals surface area contributed by atoms with Gasteiger partial charge in [-0.2, -0.15) is 0 Å². The SMILES string of the molecule is Cc1ccc(C(=O)S(=O)[O-])cc1. The Labute approximate surface area is 72.7 Å². The van der Waals surface area contributed by atoms with Gasteiger partial charge in [-0.1, -0.05) is 29.8 Å². The zero-order chi connectivity index (χ0) is 9.14. The lowest BCUT2D eigenvalue weighted by atomic mass is 10.2. The van der Waals surface area contributed by atoms with Crippen LogP contribution in [0.3, 0.4) is 0 Å². The first kappa shape index (κ1) is 9.09. The number of benzene rings is 1. The molecule has 0 fully saturated rings. The molecular weight excluding hydrogens is 176 g/mol. The summed E-state index contributed by atoms with van der Waals surface area (Å²) in [7, 11) is 0. The summed E-state index contributed by atoms with van der Waals surface area (Å²) in [5, 5.41) is -0.866. The summed E-state index contributed by atoms with van der Waals surface area (Å²) in [4.78, 5) is 10.8. The van der Waals surface area contributed by atoms with E-state index in [1.54, 1.807) is 12.1 Å². The van der Waals surface area contributed by atoms with Crippen molar-refractivity contribution in [3.8, 4) is 0 Å². The molecule has 0 aromatic heterocycles. The average Bonchev–Trinajstić information content (AvgIpc) is 2.04. The van der Waals surface area contributed by atoms with Crippen molar-refractivity contribution in [1.82, 2.24) is 0 Å². The van der Waals surface area contributed by atoms with Crippen LogP contribution in [-0.4, -0.2) is 13.9 Å². The first-order chi connectivity index (χ1) is 5.61. The van der Waals surface area contributed by atoms with Gasteiger partial charge in [0.2, 0.25) is 5.12 Å². The van der Waals surface area contributed by atoms with E-state index in [-0.39, 0.29) is 5.56 Å². The van der Waals surface area contributed by atoms with Crippen molar-refractivity contribution in [1.29, 1.82) is 0 Å². The molecule has 0 N–H and O–H groups in total. The van der Waals surface area contributed by atoms with Gasteiger partial charge in [-0.15, -0.1) is 0 Å². The molecule has 0 amide bonds. The van der Waals surface area contributed by atoms with Gasteiger partial charge in [0.05, 0.1) is 0 Å². The number of carbonyl (C=O) groups is 1. The second-order valence-electron chi connectivity index (χ2n) is 2.39. The van der Waals surface area contributed by atoms with Crippen molar-refractivity contribution in [2.24, 2.45) is 0 Å². The lowest BCUT2D eigenvalue weighted by molar-refractivity contribution is 0.107. The predicted molar refractivity (Wildman–Crippen MR) is 44.4 cm³/mol. The van der Waals surface area contributed by atoms with Crippen LogP contribution in [0.25, 0.3) is 0 Å². The van der Waals surface area contributed by atoms with Crippen molar-refractivity contribution in [2.45, 2.75) is 6.92 Å². The van der Waals surface area contributed by atoms with E-state index in [9.17, 15) is 13.6 Å². The molecule has 4 heteroatoms. The van der Waals surface area contributed by atoms with Crippen LogP contribution in [0.4, 0.5) is 0 Å². The van der Waals surface area contributed by atoms with E-state index in [2.05, 4.69) is 0 Å². The van der Waals surface area contributed by atoms with Gasteiger partial charge in [0, 0.05) is 16.6 Å². The summed E-state index contributed by atoms with van der Waals surface area (Å²) in [6, 6.07) is 6.38. The lowest BCUT2D eigenvalue weighted by Crippen LogP contribution is -2.05. The Morgan fingerprint density at radius 2 is 1.83 bits per heavy atom. The first-order valence-electron chi connectivity index (χ1n) is 3.31. The van der Waals surface area contributed by atoms with Crippen LogP contribution < -0.4 is 0 Å². The fraction of sp³-hybridized carbons (Fsp3) is 0.125. The summed E-state index contributed by atoms with van der Waals surface area (Å²) < 4.78 is 20.5. The molecular formula is C8H7O3S-. The van der Waals surface area contributed by atoms with Gasteiger partial charge in [0.15, 0.2) is 0 Å². The van der Waals surface area contributed by atoms with Gasteiger partial charge in [0.25, 0.3) is 0 Å².